The molecule has 190 valence electrons. The molecule has 10 heteroatoms. The van der Waals surface area contributed by atoms with E-state index in [4.69, 9.17) is 0 Å². The number of hydrogen-bond acceptors (Lipinski definition) is 6. The van der Waals surface area contributed by atoms with E-state index in [9.17, 15) is 24.8 Å². The lowest BCUT2D eigenvalue weighted by Gasteiger charge is -2.19. The van der Waals surface area contributed by atoms with Crippen molar-refractivity contribution in [3.05, 3.63) is 77.5 Å². The summed E-state index contributed by atoms with van der Waals surface area (Å²) in [6.07, 6.45) is 1.69. The fourth-order valence-electron chi connectivity index (χ4n) is 3.44. The number of urea groups is 1. The number of rotatable bonds is 9. The van der Waals surface area contributed by atoms with Crippen LogP contribution in [0.2, 0.25) is 0 Å². The zero-order valence-corrected chi connectivity index (χ0v) is 20.8. The number of aliphatic carboxylic acids is 1. The molecule has 0 bridgehead atoms. The Labute approximate surface area is 214 Å². The van der Waals surface area contributed by atoms with Crippen LogP contribution in [0.5, 0.6) is 0 Å². The molecular formula is C27H28N6O4. The quantitative estimate of drug-likeness (QED) is 0.284. The minimum atomic E-state index is -0.913. The molecule has 0 fully saturated rings. The minimum Gasteiger partial charge on any atom is -0.481 e. The summed E-state index contributed by atoms with van der Waals surface area (Å²) >= 11 is 0. The van der Waals surface area contributed by atoms with Crippen molar-refractivity contribution in [3.8, 4) is 6.07 Å². The highest BCUT2D eigenvalue weighted by molar-refractivity contribution is 6.08. The molecule has 3 aromatic rings. The number of benzene rings is 2. The third-order valence-corrected chi connectivity index (χ3v) is 5.44. The van der Waals surface area contributed by atoms with Crippen LogP contribution < -0.4 is 21.3 Å². The molecule has 0 atom stereocenters. The van der Waals surface area contributed by atoms with E-state index in [0.29, 0.717) is 35.6 Å². The normalized spacial score (nSPS) is 10.6. The molecule has 0 radical (unpaired) electrons. The molecule has 3 rings (SSSR count). The molecule has 0 aliphatic carbocycles. The molecule has 0 aliphatic rings. The first-order valence-corrected chi connectivity index (χ1v) is 11.6. The Morgan fingerprint density at radius 2 is 1.76 bits per heavy atom. The fraction of sp³-hybridized carbons (Fsp3) is 0.222. The van der Waals surface area contributed by atoms with Gasteiger partial charge in [0.15, 0.2) is 0 Å². The third-order valence-electron chi connectivity index (χ3n) is 5.44. The largest absolute Gasteiger partial charge is 0.481 e. The number of aromatic nitrogens is 1. The lowest BCUT2D eigenvalue weighted by Crippen LogP contribution is -2.28. The third kappa shape index (κ3) is 7.29. The number of hydrogen-bond donors (Lipinski definition) is 5. The number of nitriles is 1. The van der Waals surface area contributed by atoms with E-state index in [2.05, 4.69) is 32.3 Å². The van der Waals surface area contributed by atoms with Crippen LogP contribution in [0, 0.1) is 16.7 Å². The van der Waals surface area contributed by atoms with Crippen molar-refractivity contribution < 1.29 is 19.5 Å². The Hall–Kier alpha value is -4.91. The zero-order chi connectivity index (χ0) is 27.0. The SMILES string of the molecule is CCNC(=O)Nc1cc(Nc2cccc(C#N)c2)c(C(=O)Nc2ccc(CC(C)(C)C(=O)O)cc2)cn1. The van der Waals surface area contributed by atoms with Crippen LogP contribution in [0.4, 0.5) is 27.7 Å². The van der Waals surface area contributed by atoms with Gasteiger partial charge in [-0.25, -0.2) is 9.78 Å². The fourth-order valence-corrected chi connectivity index (χ4v) is 3.44. The second kappa shape index (κ2) is 11.7. The van der Waals surface area contributed by atoms with Crippen LogP contribution in [0.25, 0.3) is 0 Å². The van der Waals surface area contributed by atoms with Gasteiger partial charge in [-0.3, -0.25) is 14.9 Å². The molecule has 3 amide bonds. The maximum Gasteiger partial charge on any atom is 0.320 e. The maximum absolute atomic E-state index is 13.2. The monoisotopic (exact) mass is 500 g/mol. The zero-order valence-electron chi connectivity index (χ0n) is 20.8. The van der Waals surface area contributed by atoms with E-state index < -0.39 is 23.3 Å². The van der Waals surface area contributed by atoms with E-state index in [1.807, 2.05) is 0 Å². The number of pyridine rings is 1. The molecule has 0 aliphatic heterocycles. The van der Waals surface area contributed by atoms with Crippen LogP contribution in [0.1, 0.15) is 42.3 Å². The van der Waals surface area contributed by atoms with Crippen LogP contribution in [-0.4, -0.2) is 34.5 Å². The highest BCUT2D eigenvalue weighted by Gasteiger charge is 2.27. The van der Waals surface area contributed by atoms with E-state index >= 15 is 0 Å². The van der Waals surface area contributed by atoms with E-state index in [1.54, 1.807) is 69.3 Å². The maximum atomic E-state index is 13.2. The second-order valence-corrected chi connectivity index (χ2v) is 8.93. The van der Waals surface area contributed by atoms with Crippen LogP contribution in [0.15, 0.2) is 60.8 Å². The van der Waals surface area contributed by atoms with Gasteiger partial charge in [0.05, 0.1) is 28.3 Å². The van der Waals surface area contributed by atoms with Crippen LogP contribution in [-0.2, 0) is 11.2 Å². The molecule has 10 nitrogen and oxygen atoms in total. The topological polar surface area (TPSA) is 156 Å². The average molecular weight is 501 g/mol. The van der Waals surface area contributed by atoms with Gasteiger partial charge in [0.2, 0.25) is 0 Å². The van der Waals surface area contributed by atoms with E-state index in [-0.39, 0.29) is 11.4 Å². The minimum absolute atomic E-state index is 0.208. The Kier molecular flexibility index (Phi) is 8.43. The Balaban J connectivity index is 1.85. The Morgan fingerprint density at radius 1 is 1.03 bits per heavy atom. The highest BCUT2D eigenvalue weighted by Crippen LogP contribution is 2.26. The van der Waals surface area contributed by atoms with E-state index in [1.165, 1.54) is 12.3 Å². The number of anilines is 4. The Morgan fingerprint density at radius 3 is 2.41 bits per heavy atom. The first-order valence-electron chi connectivity index (χ1n) is 11.6. The van der Waals surface area contributed by atoms with Crippen molar-refractivity contribution in [2.24, 2.45) is 5.41 Å². The van der Waals surface area contributed by atoms with Gasteiger partial charge in [0.25, 0.3) is 5.91 Å². The first kappa shape index (κ1) is 26.7. The summed E-state index contributed by atoms with van der Waals surface area (Å²) < 4.78 is 0. The van der Waals surface area contributed by atoms with E-state index in [0.717, 1.165) is 5.56 Å². The molecule has 1 heterocycles. The van der Waals surface area contributed by atoms with Crippen molar-refractivity contribution in [3.63, 3.8) is 0 Å². The number of carbonyl (C=O) groups is 3. The summed E-state index contributed by atoms with van der Waals surface area (Å²) in [7, 11) is 0. The standard InChI is InChI=1S/C27H28N6O4/c1-4-29-26(37)33-23-13-22(31-20-7-5-6-18(12-20)15-28)21(16-30-23)24(34)32-19-10-8-17(9-11-19)14-27(2,3)25(35)36/h5-13,16H,4,14H2,1-3H3,(H,32,34)(H,35,36)(H3,29,30,31,33,37). The lowest BCUT2D eigenvalue weighted by atomic mass is 9.86. The average Bonchev–Trinajstić information content (AvgIpc) is 2.85. The van der Waals surface area contributed by atoms with Gasteiger partial charge in [-0.1, -0.05) is 18.2 Å². The summed E-state index contributed by atoms with van der Waals surface area (Å²) in [5.41, 5.74) is 2.03. The number of nitrogens with zero attached hydrogens (tertiary/aromatic N) is 2. The molecule has 0 spiro atoms. The predicted molar refractivity (Wildman–Crippen MR) is 141 cm³/mol. The molecule has 2 aromatic carbocycles. The van der Waals surface area contributed by atoms with Gasteiger partial charge >= 0.3 is 12.0 Å². The van der Waals surface area contributed by atoms with Crippen molar-refractivity contribution in [1.29, 1.82) is 5.26 Å². The molecular weight excluding hydrogens is 472 g/mol. The number of carboxylic acids is 1. The van der Waals surface area contributed by atoms with Gasteiger partial charge in [0, 0.05) is 30.2 Å². The predicted octanol–water partition coefficient (Wildman–Crippen LogP) is 4.74. The van der Waals surface area contributed by atoms with Crippen molar-refractivity contribution in [2.75, 3.05) is 22.5 Å². The Bertz CT molecular complexity index is 1350. The van der Waals surface area contributed by atoms with Gasteiger partial charge in [0.1, 0.15) is 5.82 Å². The van der Waals surface area contributed by atoms with Crippen LogP contribution >= 0.6 is 0 Å². The van der Waals surface area contributed by atoms with Gasteiger partial charge in [-0.2, -0.15) is 5.26 Å². The van der Waals surface area contributed by atoms with Crippen LogP contribution in [0.3, 0.4) is 0 Å². The summed E-state index contributed by atoms with van der Waals surface area (Å²) in [5.74, 6) is -1.11. The first-order chi connectivity index (χ1) is 17.6. The van der Waals surface area contributed by atoms with Crippen molar-refractivity contribution in [1.82, 2.24) is 10.3 Å². The van der Waals surface area contributed by atoms with Gasteiger partial charge in [-0.05, 0) is 63.1 Å². The molecule has 0 saturated carbocycles. The summed E-state index contributed by atoms with van der Waals surface area (Å²) in [4.78, 5) is 40.7. The molecule has 0 saturated heterocycles. The number of carboxylic acid groups (broad SMARTS) is 1. The lowest BCUT2D eigenvalue weighted by molar-refractivity contribution is -0.146. The number of amides is 3. The molecule has 37 heavy (non-hydrogen) atoms. The molecule has 5 N–H and O–H groups in total. The van der Waals surface area contributed by atoms with Crippen molar-refractivity contribution >= 4 is 40.8 Å². The molecule has 1 aromatic heterocycles. The summed E-state index contributed by atoms with van der Waals surface area (Å²) in [5, 5.41) is 29.7. The number of nitrogens with one attached hydrogen (secondary N) is 4. The highest BCUT2D eigenvalue weighted by atomic mass is 16.4. The smallest absolute Gasteiger partial charge is 0.320 e. The molecule has 0 unspecified atom stereocenters. The summed E-state index contributed by atoms with van der Waals surface area (Å²) in [6, 6.07) is 16.9. The number of carbonyl (C=O) groups excluding carboxylic acids is 2. The second-order valence-electron chi connectivity index (χ2n) is 8.93. The van der Waals surface area contributed by atoms with Crippen molar-refractivity contribution in [2.45, 2.75) is 27.2 Å². The van der Waals surface area contributed by atoms with Gasteiger partial charge in [-0.15, -0.1) is 0 Å². The summed E-state index contributed by atoms with van der Waals surface area (Å²) in [6.45, 7) is 5.53. The van der Waals surface area contributed by atoms with Gasteiger partial charge < -0.3 is 21.1 Å².